The standard InChI is InChI=1S/C26H24N4O4/c27-21-10-4-8-18(14-21)23(31)29-25(30-24(32)19-9-5-11-22(28)15-19)16-20(12-13-26(25,33)34)17-6-2-1-3-7-17/h1-16,33-34H,27-28H2,(H,29,31)(H,30,32). The van der Waals surface area contributed by atoms with E-state index < -0.39 is 23.3 Å². The quantitative estimate of drug-likeness (QED) is 0.255. The molecule has 0 aliphatic heterocycles. The molecule has 0 unspecified atom stereocenters. The number of benzene rings is 3. The topological polar surface area (TPSA) is 151 Å². The number of aliphatic hydroxyl groups is 2. The van der Waals surface area contributed by atoms with Gasteiger partial charge in [0.2, 0.25) is 5.79 Å². The van der Waals surface area contributed by atoms with Gasteiger partial charge in [0, 0.05) is 22.5 Å². The van der Waals surface area contributed by atoms with Crippen LogP contribution in [0.3, 0.4) is 0 Å². The highest BCUT2D eigenvalue weighted by molar-refractivity contribution is 5.99. The zero-order valence-corrected chi connectivity index (χ0v) is 18.1. The summed E-state index contributed by atoms with van der Waals surface area (Å²) in [4.78, 5) is 26.3. The molecule has 8 nitrogen and oxygen atoms in total. The molecule has 0 radical (unpaired) electrons. The third kappa shape index (κ3) is 4.54. The SMILES string of the molecule is Nc1cccc(C(=O)NC2(NC(=O)c3cccc(N)c3)C=C(c3ccccc3)C=CC2(O)O)c1. The van der Waals surface area contributed by atoms with Crippen LogP contribution in [0.5, 0.6) is 0 Å². The fraction of sp³-hybridized carbons (Fsp3) is 0.0769. The van der Waals surface area contributed by atoms with E-state index >= 15 is 0 Å². The maximum atomic E-state index is 13.2. The first-order valence-electron chi connectivity index (χ1n) is 10.5. The average molecular weight is 457 g/mol. The molecule has 0 aromatic heterocycles. The van der Waals surface area contributed by atoms with Gasteiger partial charge in [-0.15, -0.1) is 0 Å². The van der Waals surface area contributed by atoms with E-state index in [0.717, 1.165) is 11.6 Å². The van der Waals surface area contributed by atoms with E-state index in [1.807, 2.05) is 30.3 Å². The molecule has 0 saturated heterocycles. The zero-order chi connectivity index (χ0) is 24.3. The van der Waals surface area contributed by atoms with Crippen molar-refractivity contribution in [1.29, 1.82) is 0 Å². The van der Waals surface area contributed by atoms with Gasteiger partial charge < -0.3 is 32.3 Å². The molecule has 2 amide bonds. The smallest absolute Gasteiger partial charge is 0.253 e. The first-order chi connectivity index (χ1) is 16.2. The summed E-state index contributed by atoms with van der Waals surface area (Å²) in [7, 11) is 0. The van der Waals surface area contributed by atoms with Crippen LogP contribution >= 0.6 is 0 Å². The van der Waals surface area contributed by atoms with Gasteiger partial charge in [0.1, 0.15) is 0 Å². The Morgan fingerprint density at radius 3 is 1.76 bits per heavy atom. The second-order valence-electron chi connectivity index (χ2n) is 7.99. The molecule has 0 atom stereocenters. The van der Waals surface area contributed by atoms with Crippen molar-refractivity contribution in [2.24, 2.45) is 0 Å². The van der Waals surface area contributed by atoms with Crippen molar-refractivity contribution in [2.45, 2.75) is 11.4 Å². The van der Waals surface area contributed by atoms with Crippen LogP contribution in [0.4, 0.5) is 11.4 Å². The van der Waals surface area contributed by atoms with E-state index in [0.29, 0.717) is 16.9 Å². The van der Waals surface area contributed by atoms with E-state index in [9.17, 15) is 19.8 Å². The number of allylic oxidation sites excluding steroid dienone is 2. The Labute approximate surface area is 196 Å². The Hall–Kier alpha value is -4.40. The zero-order valence-electron chi connectivity index (χ0n) is 18.1. The van der Waals surface area contributed by atoms with Crippen LogP contribution in [0.25, 0.3) is 5.57 Å². The third-order valence-electron chi connectivity index (χ3n) is 5.47. The van der Waals surface area contributed by atoms with Crippen LogP contribution in [0, 0.1) is 0 Å². The molecule has 0 bridgehead atoms. The van der Waals surface area contributed by atoms with Gasteiger partial charge in [-0.05, 0) is 59.7 Å². The first-order valence-corrected chi connectivity index (χ1v) is 10.5. The van der Waals surface area contributed by atoms with Crippen LogP contribution in [-0.4, -0.2) is 33.5 Å². The summed E-state index contributed by atoms with van der Waals surface area (Å²) in [6, 6.07) is 21.5. The van der Waals surface area contributed by atoms with Crippen molar-refractivity contribution in [3.63, 3.8) is 0 Å². The van der Waals surface area contributed by atoms with E-state index in [1.54, 1.807) is 24.3 Å². The lowest BCUT2D eigenvalue weighted by Crippen LogP contribution is -2.72. The van der Waals surface area contributed by atoms with E-state index in [2.05, 4.69) is 10.6 Å². The van der Waals surface area contributed by atoms with Gasteiger partial charge in [-0.1, -0.05) is 48.5 Å². The largest absolute Gasteiger partial charge is 0.399 e. The van der Waals surface area contributed by atoms with Crippen LogP contribution < -0.4 is 22.1 Å². The molecule has 3 aromatic carbocycles. The fourth-order valence-corrected chi connectivity index (χ4v) is 3.68. The number of carbonyl (C=O) groups excluding carboxylic acids is 2. The van der Waals surface area contributed by atoms with Crippen LogP contribution in [0.15, 0.2) is 97.1 Å². The fourth-order valence-electron chi connectivity index (χ4n) is 3.68. The van der Waals surface area contributed by atoms with E-state index in [4.69, 9.17) is 11.5 Å². The number of anilines is 2. The van der Waals surface area contributed by atoms with E-state index in [-0.39, 0.29) is 11.1 Å². The van der Waals surface area contributed by atoms with Gasteiger partial charge in [-0.2, -0.15) is 0 Å². The minimum atomic E-state index is -2.67. The number of hydrogen-bond acceptors (Lipinski definition) is 6. The Bertz CT molecular complexity index is 1240. The monoisotopic (exact) mass is 456 g/mol. The second-order valence-corrected chi connectivity index (χ2v) is 7.99. The highest BCUT2D eigenvalue weighted by atomic mass is 16.5. The maximum Gasteiger partial charge on any atom is 0.253 e. The number of carbonyl (C=O) groups is 2. The molecule has 172 valence electrons. The lowest BCUT2D eigenvalue weighted by atomic mass is 9.86. The molecule has 4 rings (SSSR count). The molecular formula is C26H24N4O4. The Morgan fingerprint density at radius 1 is 0.735 bits per heavy atom. The predicted molar refractivity (Wildman–Crippen MR) is 130 cm³/mol. The van der Waals surface area contributed by atoms with Crippen molar-refractivity contribution < 1.29 is 19.8 Å². The molecule has 1 aliphatic rings. The highest BCUT2D eigenvalue weighted by Crippen LogP contribution is 2.32. The van der Waals surface area contributed by atoms with Gasteiger partial charge in [-0.3, -0.25) is 9.59 Å². The number of rotatable bonds is 5. The number of nitrogen functional groups attached to an aromatic ring is 2. The summed E-state index contributed by atoms with van der Waals surface area (Å²) in [6.07, 6.45) is 4.01. The van der Waals surface area contributed by atoms with Crippen LogP contribution in [0.2, 0.25) is 0 Å². The molecule has 0 spiro atoms. The normalized spacial score (nSPS) is 15.8. The highest BCUT2D eigenvalue weighted by Gasteiger charge is 2.51. The minimum absolute atomic E-state index is 0.178. The van der Waals surface area contributed by atoms with E-state index in [1.165, 1.54) is 36.4 Å². The summed E-state index contributed by atoms with van der Waals surface area (Å²) in [5.74, 6) is -4.02. The minimum Gasteiger partial charge on any atom is -0.399 e. The van der Waals surface area contributed by atoms with Gasteiger partial charge in [0.25, 0.3) is 11.8 Å². The molecule has 1 aliphatic carbocycles. The number of hydrogen-bond donors (Lipinski definition) is 6. The summed E-state index contributed by atoms with van der Waals surface area (Å²) in [5.41, 5.74) is 11.8. The van der Waals surface area contributed by atoms with Crippen molar-refractivity contribution in [1.82, 2.24) is 10.6 Å². The molecule has 8 heteroatoms. The lowest BCUT2D eigenvalue weighted by molar-refractivity contribution is -0.170. The molecule has 0 fully saturated rings. The third-order valence-corrected chi connectivity index (χ3v) is 5.47. The number of nitrogens with one attached hydrogen (secondary N) is 2. The van der Waals surface area contributed by atoms with Crippen LogP contribution in [-0.2, 0) is 0 Å². The Morgan fingerprint density at radius 2 is 1.26 bits per heavy atom. The first kappa shape index (κ1) is 22.8. The van der Waals surface area contributed by atoms with Gasteiger partial charge in [-0.25, -0.2) is 0 Å². The molecular weight excluding hydrogens is 432 g/mol. The lowest BCUT2D eigenvalue weighted by Gasteiger charge is -2.43. The van der Waals surface area contributed by atoms with Gasteiger partial charge in [0.15, 0.2) is 5.66 Å². The van der Waals surface area contributed by atoms with Crippen molar-refractivity contribution >= 4 is 28.8 Å². The van der Waals surface area contributed by atoms with Crippen molar-refractivity contribution in [3.8, 4) is 0 Å². The predicted octanol–water partition coefficient (Wildman–Crippen LogP) is 2.04. The summed E-state index contributed by atoms with van der Waals surface area (Å²) in [5, 5.41) is 27.2. The number of nitrogens with two attached hydrogens (primary N) is 2. The second kappa shape index (κ2) is 8.86. The van der Waals surface area contributed by atoms with Gasteiger partial charge in [0.05, 0.1) is 0 Å². The maximum absolute atomic E-state index is 13.2. The molecule has 3 aromatic rings. The Balaban J connectivity index is 1.80. The summed E-state index contributed by atoms with van der Waals surface area (Å²) >= 11 is 0. The molecule has 34 heavy (non-hydrogen) atoms. The van der Waals surface area contributed by atoms with Crippen LogP contribution in [0.1, 0.15) is 26.3 Å². The molecule has 0 saturated carbocycles. The summed E-state index contributed by atoms with van der Waals surface area (Å²) in [6.45, 7) is 0. The Kier molecular flexibility index (Phi) is 5.93. The molecule has 8 N–H and O–H groups in total. The molecule has 0 heterocycles. The van der Waals surface area contributed by atoms with Crippen molar-refractivity contribution in [2.75, 3.05) is 11.5 Å². The van der Waals surface area contributed by atoms with Crippen molar-refractivity contribution in [3.05, 3.63) is 114 Å². The summed E-state index contributed by atoms with van der Waals surface area (Å²) < 4.78 is 0. The number of amides is 2. The average Bonchev–Trinajstić information content (AvgIpc) is 2.81. The van der Waals surface area contributed by atoms with Gasteiger partial charge >= 0.3 is 0 Å².